The van der Waals surface area contributed by atoms with Gasteiger partial charge in [0.05, 0.1) is 5.41 Å². The van der Waals surface area contributed by atoms with E-state index >= 15 is 0 Å². The molecule has 1 atom stereocenters. The molecule has 0 aromatic heterocycles. The van der Waals surface area contributed by atoms with E-state index in [1.807, 2.05) is 30.3 Å². The lowest BCUT2D eigenvalue weighted by Crippen LogP contribution is -2.21. The molecule has 0 saturated heterocycles. The summed E-state index contributed by atoms with van der Waals surface area (Å²) in [5.41, 5.74) is 0.184. The number of allylic oxidation sites excluding steroid dienone is 2. The molecule has 1 aromatic rings. The second-order valence-electron chi connectivity index (χ2n) is 4.28. The maximum absolute atomic E-state index is 11.0. The van der Waals surface area contributed by atoms with Gasteiger partial charge in [-0.05, 0) is 25.8 Å². The standard InChI is InChI=1S/C15H16O2/c1-4-15(3,14(17)10-12(2)16)11-13-8-6-5-7-9-13/h1,5-10,17H,11H2,2-3H3/b14-10+/t15-/m1/s1. The van der Waals surface area contributed by atoms with Crippen LogP contribution in [0, 0.1) is 17.8 Å². The first-order valence-corrected chi connectivity index (χ1v) is 5.41. The lowest BCUT2D eigenvalue weighted by atomic mass is 9.82. The van der Waals surface area contributed by atoms with Crippen LogP contribution in [0.3, 0.4) is 0 Å². The van der Waals surface area contributed by atoms with Crippen molar-refractivity contribution in [3.63, 3.8) is 0 Å². The van der Waals surface area contributed by atoms with Gasteiger partial charge in [0.15, 0.2) is 5.78 Å². The molecule has 0 spiro atoms. The van der Waals surface area contributed by atoms with Crippen LogP contribution in [0.1, 0.15) is 19.4 Å². The molecule has 0 amide bonds. The third-order valence-corrected chi connectivity index (χ3v) is 2.62. The molecule has 88 valence electrons. The number of aliphatic hydroxyl groups excluding tert-OH is 1. The van der Waals surface area contributed by atoms with Gasteiger partial charge in [-0.3, -0.25) is 4.79 Å². The lowest BCUT2D eigenvalue weighted by molar-refractivity contribution is -0.112. The Kier molecular flexibility index (Phi) is 4.12. The van der Waals surface area contributed by atoms with Crippen LogP contribution in [-0.4, -0.2) is 10.9 Å². The normalized spacial score (nSPS) is 14.8. The van der Waals surface area contributed by atoms with Crippen LogP contribution < -0.4 is 0 Å². The molecule has 0 bridgehead atoms. The molecule has 1 rings (SSSR count). The minimum absolute atomic E-state index is 0.0589. The lowest BCUT2D eigenvalue weighted by Gasteiger charge is -2.22. The summed E-state index contributed by atoms with van der Waals surface area (Å²) in [6.45, 7) is 3.13. The quantitative estimate of drug-likeness (QED) is 0.489. The number of hydrogen-bond donors (Lipinski definition) is 1. The SMILES string of the molecule is C#C[C@](C)(Cc1ccccc1)/C(O)=C\C(C)=O. The molecule has 2 heteroatoms. The minimum Gasteiger partial charge on any atom is -0.511 e. The molecule has 1 N–H and O–H groups in total. The van der Waals surface area contributed by atoms with Crippen molar-refractivity contribution in [3.8, 4) is 12.3 Å². The number of aliphatic hydroxyl groups is 1. The number of carbonyl (C=O) groups is 1. The van der Waals surface area contributed by atoms with Gasteiger partial charge in [-0.15, -0.1) is 6.42 Å². The molecule has 17 heavy (non-hydrogen) atoms. The molecule has 2 nitrogen and oxygen atoms in total. The average molecular weight is 228 g/mol. The molecule has 0 aliphatic carbocycles. The average Bonchev–Trinajstić information content (AvgIpc) is 2.29. The highest BCUT2D eigenvalue weighted by molar-refractivity contribution is 5.87. The third kappa shape index (κ3) is 3.49. The molecular formula is C15H16O2. The van der Waals surface area contributed by atoms with E-state index < -0.39 is 5.41 Å². The first-order chi connectivity index (χ1) is 7.98. The molecule has 0 radical (unpaired) electrons. The second-order valence-corrected chi connectivity index (χ2v) is 4.28. The number of rotatable bonds is 4. The van der Waals surface area contributed by atoms with Crippen molar-refractivity contribution < 1.29 is 9.90 Å². The van der Waals surface area contributed by atoms with Gasteiger partial charge in [0.25, 0.3) is 0 Å². The summed E-state index contributed by atoms with van der Waals surface area (Å²) >= 11 is 0. The zero-order chi connectivity index (χ0) is 12.9. The van der Waals surface area contributed by atoms with E-state index in [2.05, 4.69) is 5.92 Å². The zero-order valence-electron chi connectivity index (χ0n) is 10.1. The third-order valence-electron chi connectivity index (χ3n) is 2.62. The van der Waals surface area contributed by atoms with Crippen LogP contribution >= 0.6 is 0 Å². The smallest absolute Gasteiger partial charge is 0.156 e. The number of hydrogen-bond acceptors (Lipinski definition) is 2. The van der Waals surface area contributed by atoms with Gasteiger partial charge < -0.3 is 5.11 Å². The van der Waals surface area contributed by atoms with E-state index in [-0.39, 0.29) is 11.5 Å². The van der Waals surface area contributed by atoms with Gasteiger partial charge in [-0.2, -0.15) is 0 Å². The fraction of sp³-hybridized carbons (Fsp3) is 0.267. The summed E-state index contributed by atoms with van der Waals surface area (Å²) in [6.07, 6.45) is 7.15. The van der Waals surface area contributed by atoms with Gasteiger partial charge >= 0.3 is 0 Å². The van der Waals surface area contributed by atoms with E-state index in [1.165, 1.54) is 13.0 Å². The number of benzene rings is 1. The maximum Gasteiger partial charge on any atom is 0.156 e. The van der Waals surface area contributed by atoms with E-state index in [0.29, 0.717) is 6.42 Å². The summed E-state index contributed by atoms with van der Waals surface area (Å²) < 4.78 is 0. The van der Waals surface area contributed by atoms with Crippen LogP contribution in [-0.2, 0) is 11.2 Å². The van der Waals surface area contributed by atoms with Crippen molar-refractivity contribution in [2.24, 2.45) is 5.41 Å². The molecule has 0 aliphatic heterocycles. The highest BCUT2D eigenvalue weighted by Gasteiger charge is 2.27. The highest BCUT2D eigenvalue weighted by atomic mass is 16.3. The Morgan fingerprint density at radius 1 is 1.47 bits per heavy atom. The summed E-state index contributed by atoms with van der Waals surface area (Å²) in [4.78, 5) is 11.0. The van der Waals surface area contributed by atoms with Crippen molar-refractivity contribution in [1.29, 1.82) is 0 Å². The first kappa shape index (κ1) is 13.1. The molecule has 0 heterocycles. The first-order valence-electron chi connectivity index (χ1n) is 5.41. The Hall–Kier alpha value is -2.01. The van der Waals surface area contributed by atoms with Gasteiger partial charge in [0.1, 0.15) is 5.76 Å². The van der Waals surface area contributed by atoms with E-state index in [0.717, 1.165) is 5.56 Å². The van der Waals surface area contributed by atoms with Crippen molar-refractivity contribution in [1.82, 2.24) is 0 Å². The molecule has 0 fully saturated rings. The van der Waals surface area contributed by atoms with Crippen LogP contribution in [0.4, 0.5) is 0 Å². The number of terminal acetylenes is 1. The van der Waals surface area contributed by atoms with E-state index in [1.54, 1.807) is 6.92 Å². The zero-order valence-corrected chi connectivity index (χ0v) is 10.1. The number of ketones is 1. The summed E-state index contributed by atoms with van der Waals surface area (Å²) in [5.74, 6) is 2.29. The van der Waals surface area contributed by atoms with Crippen LogP contribution in [0.15, 0.2) is 42.2 Å². The fourth-order valence-electron chi connectivity index (χ4n) is 1.57. The van der Waals surface area contributed by atoms with E-state index in [9.17, 15) is 9.90 Å². The predicted octanol–water partition coefficient (Wildman–Crippen LogP) is 2.90. The van der Waals surface area contributed by atoms with Gasteiger partial charge in [0, 0.05) is 6.08 Å². The van der Waals surface area contributed by atoms with Crippen molar-refractivity contribution in [3.05, 3.63) is 47.7 Å². The number of carbonyl (C=O) groups excluding carboxylic acids is 1. The fourth-order valence-corrected chi connectivity index (χ4v) is 1.57. The Morgan fingerprint density at radius 2 is 2.06 bits per heavy atom. The topological polar surface area (TPSA) is 37.3 Å². The van der Waals surface area contributed by atoms with Gasteiger partial charge in [-0.1, -0.05) is 36.3 Å². The van der Waals surface area contributed by atoms with Gasteiger partial charge in [-0.25, -0.2) is 0 Å². The van der Waals surface area contributed by atoms with E-state index in [4.69, 9.17) is 6.42 Å². The minimum atomic E-state index is -0.840. The van der Waals surface area contributed by atoms with Crippen molar-refractivity contribution in [2.75, 3.05) is 0 Å². The van der Waals surface area contributed by atoms with Crippen LogP contribution in [0.25, 0.3) is 0 Å². The monoisotopic (exact) mass is 228 g/mol. The molecule has 0 saturated carbocycles. The van der Waals surface area contributed by atoms with Crippen molar-refractivity contribution in [2.45, 2.75) is 20.3 Å². The Bertz CT molecular complexity index is 465. The Balaban J connectivity index is 2.99. The summed E-state index contributed by atoms with van der Waals surface area (Å²) in [7, 11) is 0. The molecule has 0 unspecified atom stereocenters. The van der Waals surface area contributed by atoms with Gasteiger partial charge in [0.2, 0.25) is 0 Å². The predicted molar refractivity (Wildman–Crippen MR) is 68.5 cm³/mol. The maximum atomic E-state index is 11.0. The van der Waals surface area contributed by atoms with Crippen LogP contribution in [0.5, 0.6) is 0 Å². The summed E-state index contributed by atoms with van der Waals surface area (Å²) in [6, 6.07) is 9.63. The van der Waals surface area contributed by atoms with Crippen molar-refractivity contribution >= 4 is 5.78 Å². The largest absolute Gasteiger partial charge is 0.511 e. The molecule has 0 aliphatic rings. The second kappa shape index (κ2) is 5.36. The molecular weight excluding hydrogens is 212 g/mol. The summed E-state index contributed by atoms with van der Waals surface area (Å²) in [5, 5.41) is 9.90. The highest BCUT2D eigenvalue weighted by Crippen LogP contribution is 2.28. The van der Waals surface area contributed by atoms with Crippen LogP contribution in [0.2, 0.25) is 0 Å². The molecule has 1 aromatic carbocycles. The Labute approximate surface area is 102 Å². The Morgan fingerprint density at radius 3 is 2.53 bits per heavy atom.